The van der Waals surface area contributed by atoms with Gasteiger partial charge < -0.3 is 15.0 Å². The Bertz CT molecular complexity index is 814. The zero-order valence-electron chi connectivity index (χ0n) is 13.2. The maximum Gasteiger partial charge on any atom is 0.231 e. The van der Waals surface area contributed by atoms with Crippen molar-refractivity contribution in [1.29, 1.82) is 0 Å². The highest BCUT2D eigenvalue weighted by Gasteiger charge is 2.35. The average molecular weight is 401 g/mol. The molecule has 2 aromatic rings. The molecule has 10 heteroatoms. The predicted octanol–water partition coefficient (Wildman–Crippen LogP) is 2.98. The first-order valence-corrected chi connectivity index (χ1v) is 8.92. The second kappa shape index (κ2) is 7.65. The maximum atomic E-state index is 12.4. The molecule has 0 spiro atoms. The Kier molecular flexibility index (Phi) is 5.53. The number of amides is 2. The van der Waals surface area contributed by atoms with Crippen molar-refractivity contribution < 1.29 is 14.3 Å². The molecule has 0 radical (unpaired) electrons. The number of nitrogens with one attached hydrogen (secondary N) is 1. The number of benzene rings is 1. The standard InChI is InChI=1S/C15H14Cl2N4O3S/c1-24-7-12-19-20-15(25-12)18-14(23)8-4-13(22)21(6-8)9-2-3-10(16)11(17)5-9/h2-3,5,8H,4,6-7H2,1H3,(H,18,20,23). The fourth-order valence-corrected chi connectivity index (χ4v) is 3.49. The van der Waals surface area contributed by atoms with E-state index in [1.807, 2.05) is 0 Å². The first kappa shape index (κ1) is 18.1. The lowest BCUT2D eigenvalue weighted by Gasteiger charge is -2.17. The number of nitrogens with zero attached hydrogens (tertiary/aromatic N) is 3. The Labute approximate surface area is 157 Å². The third-order valence-corrected chi connectivity index (χ3v) is 5.23. The van der Waals surface area contributed by atoms with Gasteiger partial charge in [-0.1, -0.05) is 34.5 Å². The largest absolute Gasteiger partial charge is 0.377 e. The molecule has 1 aliphatic heterocycles. The minimum Gasteiger partial charge on any atom is -0.377 e. The van der Waals surface area contributed by atoms with Gasteiger partial charge in [0, 0.05) is 25.8 Å². The average Bonchev–Trinajstić information content (AvgIpc) is 3.17. The molecule has 1 N–H and O–H groups in total. The van der Waals surface area contributed by atoms with Gasteiger partial charge in [-0.15, -0.1) is 10.2 Å². The van der Waals surface area contributed by atoms with Crippen molar-refractivity contribution in [2.24, 2.45) is 5.92 Å². The normalized spacial score (nSPS) is 17.2. The molecule has 1 aromatic carbocycles. The van der Waals surface area contributed by atoms with Crippen molar-refractivity contribution >= 4 is 57.2 Å². The molecule has 1 aromatic heterocycles. The van der Waals surface area contributed by atoms with E-state index in [-0.39, 0.29) is 24.8 Å². The smallest absolute Gasteiger partial charge is 0.231 e. The molecule has 1 aliphatic rings. The minimum atomic E-state index is -0.475. The van der Waals surface area contributed by atoms with E-state index >= 15 is 0 Å². The van der Waals surface area contributed by atoms with Crippen molar-refractivity contribution in [2.45, 2.75) is 13.0 Å². The Hall–Kier alpha value is -1.74. The number of rotatable bonds is 5. The number of anilines is 2. The highest BCUT2D eigenvalue weighted by atomic mass is 35.5. The molecular formula is C15H14Cl2N4O3S. The van der Waals surface area contributed by atoms with Gasteiger partial charge in [0.2, 0.25) is 16.9 Å². The molecule has 0 aliphatic carbocycles. The summed E-state index contributed by atoms with van der Waals surface area (Å²) in [5, 5.41) is 12.3. The Morgan fingerprint density at radius 3 is 2.92 bits per heavy atom. The third kappa shape index (κ3) is 4.09. The summed E-state index contributed by atoms with van der Waals surface area (Å²) in [6.45, 7) is 0.604. The van der Waals surface area contributed by atoms with Crippen molar-refractivity contribution in [3.63, 3.8) is 0 Å². The number of hydrogen-bond donors (Lipinski definition) is 1. The van der Waals surface area contributed by atoms with Crippen LogP contribution < -0.4 is 10.2 Å². The van der Waals surface area contributed by atoms with Crippen molar-refractivity contribution in [3.05, 3.63) is 33.3 Å². The Balaban J connectivity index is 1.66. The van der Waals surface area contributed by atoms with E-state index in [0.29, 0.717) is 32.5 Å². The molecule has 0 saturated carbocycles. The highest BCUT2D eigenvalue weighted by molar-refractivity contribution is 7.15. The van der Waals surface area contributed by atoms with E-state index in [0.717, 1.165) is 0 Å². The van der Waals surface area contributed by atoms with Crippen LogP contribution in [0.15, 0.2) is 18.2 Å². The van der Waals surface area contributed by atoms with Crippen LogP contribution in [-0.2, 0) is 20.9 Å². The van der Waals surface area contributed by atoms with Crippen LogP contribution in [0.5, 0.6) is 0 Å². The number of carbonyl (C=O) groups excluding carboxylic acids is 2. The molecule has 132 valence electrons. The first-order chi connectivity index (χ1) is 12.0. The molecule has 1 atom stereocenters. The van der Waals surface area contributed by atoms with Crippen LogP contribution in [0, 0.1) is 5.92 Å². The second-order valence-corrected chi connectivity index (χ2v) is 7.30. The number of methoxy groups -OCH3 is 1. The van der Waals surface area contributed by atoms with Crippen molar-refractivity contribution in [1.82, 2.24) is 10.2 Å². The molecule has 2 heterocycles. The topological polar surface area (TPSA) is 84.4 Å². The number of ether oxygens (including phenoxy) is 1. The Morgan fingerprint density at radius 2 is 2.20 bits per heavy atom. The van der Waals surface area contributed by atoms with Gasteiger partial charge in [0.05, 0.1) is 16.0 Å². The first-order valence-electron chi connectivity index (χ1n) is 7.35. The quantitative estimate of drug-likeness (QED) is 0.833. The van der Waals surface area contributed by atoms with Gasteiger partial charge >= 0.3 is 0 Å². The van der Waals surface area contributed by atoms with Gasteiger partial charge in [-0.05, 0) is 18.2 Å². The summed E-state index contributed by atoms with van der Waals surface area (Å²) in [4.78, 5) is 26.2. The minimum absolute atomic E-state index is 0.121. The lowest BCUT2D eigenvalue weighted by Crippen LogP contribution is -2.28. The Morgan fingerprint density at radius 1 is 1.40 bits per heavy atom. The summed E-state index contributed by atoms with van der Waals surface area (Å²) in [5.41, 5.74) is 0.619. The van der Waals surface area contributed by atoms with E-state index in [1.54, 1.807) is 25.3 Å². The van der Waals surface area contributed by atoms with Gasteiger partial charge in [-0.3, -0.25) is 9.59 Å². The van der Waals surface area contributed by atoms with Crippen LogP contribution in [0.3, 0.4) is 0 Å². The molecular weight excluding hydrogens is 387 g/mol. The van der Waals surface area contributed by atoms with Crippen LogP contribution in [0.2, 0.25) is 10.0 Å². The SMILES string of the molecule is COCc1nnc(NC(=O)C2CC(=O)N(c3ccc(Cl)c(Cl)c3)C2)s1. The van der Waals surface area contributed by atoms with Gasteiger partial charge in [0.15, 0.2) is 0 Å². The lowest BCUT2D eigenvalue weighted by atomic mass is 10.1. The molecule has 25 heavy (non-hydrogen) atoms. The fourth-order valence-electron chi connectivity index (χ4n) is 2.48. The molecule has 2 amide bonds. The van der Waals surface area contributed by atoms with E-state index in [2.05, 4.69) is 15.5 Å². The van der Waals surface area contributed by atoms with Crippen molar-refractivity contribution in [3.8, 4) is 0 Å². The van der Waals surface area contributed by atoms with Crippen LogP contribution in [0.4, 0.5) is 10.8 Å². The monoisotopic (exact) mass is 400 g/mol. The zero-order chi connectivity index (χ0) is 18.0. The lowest BCUT2D eigenvalue weighted by molar-refractivity contribution is -0.122. The molecule has 0 bridgehead atoms. The van der Waals surface area contributed by atoms with Gasteiger partial charge in [0.1, 0.15) is 11.6 Å². The predicted molar refractivity (Wildman–Crippen MR) is 96.2 cm³/mol. The summed E-state index contributed by atoms with van der Waals surface area (Å²) < 4.78 is 4.96. The molecule has 7 nitrogen and oxygen atoms in total. The molecule has 1 saturated heterocycles. The molecule has 1 unspecified atom stereocenters. The number of halogens is 2. The highest BCUT2D eigenvalue weighted by Crippen LogP contribution is 2.31. The summed E-state index contributed by atoms with van der Waals surface area (Å²) in [6, 6.07) is 4.94. The number of carbonyl (C=O) groups is 2. The summed E-state index contributed by atoms with van der Waals surface area (Å²) in [7, 11) is 1.56. The van der Waals surface area contributed by atoms with Gasteiger partial charge in [-0.2, -0.15) is 0 Å². The molecule has 1 fully saturated rings. The zero-order valence-corrected chi connectivity index (χ0v) is 15.5. The van der Waals surface area contributed by atoms with Crippen LogP contribution >= 0.6 is 34.5 Å². The van der Waals surface area contributed by atoms with Crippen molar-refractivity contribution in [2.75, 3.05) is 23.9 Å². The molecule has 3 rings (SSSR count). The maximum absolute atomic E-state index is 12.4. The van der Waals surface area contributed by atoms with E-state index < -0.39 is 5.92 Å². The van der Waals surface area contributed by atoms with E-state index in [1.165, 1.54) is 16.2 Å². The van der Waals surface area contributed by atoms with Gasteiger partial charge in [0.25, 0.3) is 0 Å². The van der Waals surface area contributed by atoms with Crippen LogP contribution in [0.25, 0.3) is 0 Å². The third-order valence-electron chi connectivity index (χ3n) is 3.68. The van der Waals surface area contributed by atoms with E-state index in [9.17, 15) is 9.59 Å². The fraction of sp³-hybridized carbons (Fsp3) is 0.333. The summed E-state index contributed by atoms with van der Waals surface area (Å²) in [6.07, 6.45) is 0.121. The van der Waals surface area contributed by atoms with E-state index in [4.69, 9.17) is 27.9 Å². The van der Waals surface area contributed by atoms with Gasteiger partial charge in [-0.25, -0.2) is 0 Å². The van der Waals surface area contributed by atoms with Crippen LogP contribution in [0.1, 0.15) is 11.4 Å². The number of hydrogen-bond acceptors (Lipinski definition) is 6. The summed E-state index contributed by atoms with van der Waals surface area (Å²) >= 11 is 13.1. The number of aromatic nitrogens is 2. The second-order valence-electron chi connectivity index (χ2n) is 5.43. The van der Waals surface area contributed by atoms with Crippen LogP contribution in [-0.4, -0.2) is 35.7 Å². The summed E-state index contributed by atoms with van der Waals surface area (Å²) in [5.74, 6) is -0.886.